The largest absolute Gasteiger partial charge is 0.444 e. The first-order valence-electron chi connectivity index (χ1n) is 11.1. The van der Waals surface area contributed by atoms with Gasteiger partial charge in [-0.25, -0.2) is 10.3 Å². The first-order chi connectivity index (χ1) is 15.2. The van der Waals surface area contributed by atoms with Crippen LogP contribution in [0.5, 0.6) is 0 Å². The third-order valence-electron chi connectivity index (χ3n) is 6.37. The molecule has 4 rings (SSSR count). The first-order valence-corrected chi connectivity index (χ1v) is 11.1. The van der Waals surface area contributed by atoms with E-state index in [1.54, 1.807) is 17.6 Å². The fraction of sp³-hybridized carbons (Fsp3) is 0.440. The molecule has 32 heavy (non-hydrogen) atoms. The highest BCUT2D eigenvalue weighted by molar-refractivity contribution is 5.93. The van der Waals surface area contributed by atoms with Gasteiger partial charge in [-0.05, 0) is 62.9 Å². The van der Waals surface area contributed by atoms with Gasteiger partial charge < -0.3 is 14.5 Å². The summed E-state index contributed by atoms with van der Waals surface area (Å²) in [5, 5.41) is 8.81. The maximum atomic E-state index is 12.5. The molecule has 0 atom stereocenters. The summed E-state index contributed by atoms with van der Waals surface area (Å²) < 4.78 is 5.56. The molecular weight excluding hydrogens is 406 g/mol. The highest BCUT2D eigenvalue weighted by Gasteiger charge is 2.45. The molecule has 1 spiro atoms. The molecule has 2 heterocycles. The smallest absolute Gasteiger partial charge is 0.410 e. The van der Waals surface area contributed by atoms with E-state index in [0.717, 1.165) is 31.5 Å². The highest BCUT2D eigenvalue weighted by Crippen LogP contribution is 2.47. The third-order valence-corrected chi connectivity index (χ3v) is 6.37. The summed E-state index contributed by atoms with van der Waals surface area (Å²) in [6.45, 7) is 8.67. The molecule has 1 saturated heterocycles. The first kappa shape index (κ1) is 22.1. The van der Waals surface area contributed by atoms with Crippen LogP contribution in [-0.4, -0.2) is 47.3 Å². The number of hydrogen-bond donors (Lipinski definition) is 2. The van der Waals surface area contributed by atoms with Crippen molar-refractivity contribution in [2.45, 2.75) is 51.2 Å². The van der Waals surface area contributed by atoms with Gasteiger partial charge in [0.25, 0.3) is 5.91 Å². The molecule has 170 valence electrons. The number of piperidine rings is 1. The minimum absolute atomic E-state index is 0.0197. The summed E-state index contributed by atoms with van der Waals surface area (Å²) in [5.41, 5.74) is 5.29. The average Bonchev–Trinajstić information content (AvgIpc) is 3.06. The van der Waals surface area contributed by atoms with Crippen molar-refractivity contribution in [3.05, 3.63) is 65.2 Å². The standard InChI is InChI=1S/C25H31N3O4/c1-24(2,3)32-23(30)27-14-12-25(13-15-27)17-28(21-7-5-4-6-20(21)25)16-18-8-10-19(11-9-18)22(29)26-31/h4-11,31H,12-17H2,1-3H3,(H,26,29). The number of benzene rings is 2. The van der Waals surface area contributed by atoms with Crippen LogP contribution < -0.4 is 10.4 Å². The van der Waals surface area contributed by atoms with Crippen molar-refractivity contribution >= 4 is 17.7 Å². The SMILES string of the molecule is CC(C)(C)OC(=O)N1CCC2(CC1)CN(Cc1ccc(C(=O)NO)cc1)c1ccccc12. The van der Waals surface area contributed by atoms with Gasteiger partial charge in [0, 0.05) is 42.8 Å². The average molecular weight is 438 g/mol. The molecule has 0 radical (unpaired) electrons. The van der Waals surface area contributed by atoms with Gasteiger partial charge in [0.05, 0.1) is 0 Å². The second-order valence-electron chi connectivity index (χ2n) is 9.76. The zero-order valence-electron chi connectivity index (χ0n) is 18.9. The van der Waals surface area contributed by atoms with Gasteiger partial charge in [-0.15, -0.1) is 0 Å². The Labute approximate surface area is 188 Å². The van der Waals surface area contributed by atoms with Gasteiger partial charge in [-0.3, -0.25) is 10.0 Å². The lowest BCUT2D eigenvalue weighted by Gasteiger charge is -2.40. The topological polar surface area (TPSA) is 82.1 Å². The van der Waals surface area contributed by atoms with Crippen LogP contribution in [-0.2, 0) is 16.7 Å². The highest BCUT2D eigenvalue weighted by atomic mass is 16.6. The maximum absolute atomic E-state index is 12.5. The zero-order valence-corrected chi connectivity index (χ0v) is 18.9. The van der Waals surface area contributed by atoms with Crippen molar-refractivity contribution in [1.29, 1.82) is 0 Å². The Bertz CT molecular complexity index is 989. The van der Waals surface area contributed by atoms with E-state index in [1.165, 1.54) is 11.3 Å². The summed E-state index contributed by atoms with van der Waals surface area (Å²) in [6.07, 6.45) is 1.56. The van der Waals surface area contributed by atoms with E-state index in [2.05, 4.69) is 29.2 Å². The molecular formula is C25H31N3O4. The summed E-state index contributed by atoms with van der Waals surface area (Å²) >= 11 is 0. The molecule has 2 amide bonds. The molecule has 1 fully saturated rings. The minimum Gasteiger partial charge on any atom is -0.444 e. The fourth-order valence-electron chi connectivity index (χ4n) is 4.79. The van der Waals surface area contributed by atoms with Gasteiger partial charge in [0.2, 0.25) is 0 Å². The fourth-order valence-corrected chi connectivity index (χ4v) is 4.79. The van der Waals surface area contributed by atoms with Crippen LogP contribution in [0.25, 0.3) is 0 Å². The van der Waals surface area contributed by atoms with Crippen LogP contribution in [0.3, 0.4) is 0 Å². The van der Waals surface area contributed by atoms with E-state index in [9.17, 15) is 9.59 Å². The van der Waals surface area contributed by atoms with E-state index in [4.69, 9.17) is 9.94 Å². The monoisotopic (exact) mass is 437 g/mol. The number of hydrogen-bond acceptors (Lipinski definition) is 5. The Morgan fingerprint density at radius 3 is 2.34 bits per heavy atom. The lowest BCUT2D eigenvalue weighted by atomic mass is 9.74. The summed E-state index contributed by atoms with van der Waals surface area (Å²) in [5.74, 6) is -0.515. The normalized spacial score (nSPS) is 17.2. The van der Waals surface area contributed by atoms with Gasteiger partial charge >= 0.3 is 6.09 Å². The molecule has 0 unspecified atom stereocenters. The number of anilines is 1. The van der Waals surface area contributed by atoms with Gasteiger partial charge in [0.15, 0.2) is 0 Å². The Morgan fingerprint density at radius 1 is 1.06 bits per heavy atom. The summed E-state index contributed by atoms with van der Waals surface area (Å²) in [6, 6.07) is 15.8. The van der Waals surface area contributed by atoms with Crippen LogP contribution >= 0.6 is 0 Å². The van der Waals surface area contributed by atoms with Crippen LogP contribution in [0.15, 0.2) is 48.5 Å². The van der Waals surface area contributed by atoms with Gasteiger partial charge in [-0.2, -0.15) is 0 Å². The molecule has 0 saturated carbocycles. The van der Waals surface area contributed by atoms with Crippen LogP contribution in [0, 0.1) is 0 Å². The van der Waals surface area contributed by atoms with Crippen molar-refractivity contribution in [3.63, 3.8) is 0 Å². The van der Waals surface area contributed by atoms with Crippen molar-refractivity contribution in [2.24, 2.45) is 0 Å². The van der Waals surface area contributed by atoms with Crippen molar-refractivity contribution in [2.75, 3.05) is 24.5 Å². The van der Waals surface area contributed by atoms with Gasteiger partial charge in [-0.1, -0.05) is 30.3 Å². The molecule has 2 aliphatic heterocycles. The van der Waals surface area contributed by atoms with Crippen LogP contribution in [0.1, 0.15) is 55.1 Å². The number of para-hydroxylation sites is 1. The Balaban J connectivity index is 1.48. The van der Waals surface area contributed by atoms with Crippen molar-refractivity contribution < 1.29 is 19.5 Å². The van der Waals surface area contributed by atoms with Gasteiger partial charge in [0.1, 0.15) is 5.60 Å². The second-order valence-corrected chi connectivity index (χ2v) is 9.76. The number of nitrogens with zero attached hydrogens (tertiary/aromatic N) is 2. The van der Waals surface area contributed by atoms with Crippen molar-refractivity contribution in [1.82, 2.24) is 10.4 Å². The molecule has 0 aromatic heterocycles. The Morgan fingerprint density at radius 2 is 1.72 bits per heavy atom. The Hall–Kier alpha value is -3.06. The number of carbonyl (C=O) groups is 2. The van der Waals surface area contributed by atoms with E-state index < -0.39 is 11.5 Å². The van der Waals surface area contributed by atoms with E-state index in [0.29, 0.717) is 18.7 Å². The van der Waals surface area contributed by atoms with Crippen LogP contribution in [0.2, 0.25) is 0 Å². The molecule has 7 nitrogen and oxygen atoms in total. The number of rotatable bonds is 3. The molecule has 2 N–H and O–H groups in total. The molecule has 2 aliphatic rings. The number of fused-ring (bicyclic) bond motifs is 2. The summed E-state index contributed by atoms with van der Waals surface area (Å²) in [4.78, 5) is 28.3. The molecule has 2 aromatic carbocycles. The quantitative estimate of drug-likeness (QED) is 0.558. The predicted octanol–water partition coefficient (Wildman–Crippen LogP) is 4.09. The predicted molar refractivity (Wildman–Crippen MR) is 122 cm³/mol. The van der Waals surface area contributed by atoms with E-state index >= 15 is 0 Å². The third kappa shape index (κ3) is 4.43. The maximum Gasteiger partial charge on any atom is 0.410 e. The number of nitrogens with one attached hydrogen (secondary N) is 1. The second kappa shape index (κ2) is 8.47. The molecule has 2 aromatic rings. The lowest BCUT2D eigenvalue weighted by molar-refractivity contribution is 0.0170. The number of amides is 2. The van der Waals surface area contributed by atoms with Crippen LogP contribution in [0.4, 0.5) is 10.5 Å². The minimum atomic E-state index is -0.515. The van der Waals surface area contributed by atoms with E-state index in [1.807, 2.05) is 37.8 Å². The summed E-state index contributed by atoms with van der Waals surface area (Å²) in [7, 11) is 0. The number of likely N-dealkylation sites (tertiary alicyclic amines) is 1. The van der Waals surface area contributed by atoms with Crippen molar-refractivity contribution in [3.8, 4) is 0 Å². The molecule has 0 aliphatic carbocycles. The Kier molecular flexibility index (Phi) is 5.86. The number of hydroxylamine groups is 1. The number of ether oxygens (including phenoxy) is 1. The van der Waals surface area contributed by atoms with E-state index in [-0.39, 0.29) is 11.5 Å². The molecule has 7 heteroatoms. The number of carbonyl (C=O) groups excluding carboxylic acids is 2. The molecule has 0 bridgehead atoms. The lowest BCUT2D eigenvalue weighted by Crippen LogP contribution is -2.48. The zero-order chi connectivity index (χ0) is 22.9.